The van der Waals surface area contributed by atoms with Crippen molar-refractivity contribution in [1.82, 2.24) is 14.8 Å². The number of rotatable bonds is 3. The molecular weight excluding hydrogens is 337 g/mol. The van der Waals surface area contributed by atoms with Crippen LogP contribution in [0.5, 0.6) is 5.75 Å². The van der Waals surface area contributed by atoms with E-state index in [1.54, 1.807) is 29.1 Å². The first-order chi connectivity index (χ1) is 11.0. The first-order valence-corrected chi connectivity index (χ1v) is 7.72. The summed E-state index contributed by atoms with van der Waals surface area (Å²) in [5.41, 5.74) is 1.05. The lowest BCUT2D eigenvalue weighted by Gasteiger charge is -2.08. The van der Waals surface area contributed by atoms with Crippen LogP contribution in [0.1, 0.15) is 30.2 Å². The van der Waals surface area contributed by atoms with Crippen molar-refractivity contribution in [2.45, 2.75) is 19.9 Å². The number of esters is 1. The van der Waals surface area contributed by atoms with Crippen LogP contribution in [0.4, 0.5) is 0 Å². The maximum Gasteiger partial charge on any atom is 0.345 e. The molecule has 0 aliphatic heterocycles. The van der Waals surface area contributed by atoms with E-state index >= 15 is 0 Å². The third-order valence-corrected chi connectivity index (χ3v) is 3.79. The second kappa shape index (κ2) is 6.18. The van der Waals surface area contributed by atoms with Crippen LogP contribution in [0.2, 0.25) is 10.0 Å². The Labute approximate surface area is 142 Å². The number of halogens is 2. The Hall–Kier alpha value is -2.11. The van der Waals surface area contributed by atoms with E-state index in [0.717, 1.165) is 11.0 Å². The second-order valence-corrected chi connectivity index (χ2v) is 6.13. The molecule has 0 unspecified atom stereocenters. The number of aromatic nitrogens is 3. The first-order valence-electron chi connectivity index (χ1n) is 6.96. The lowest BCUT2D eigenvalue weighted by atomic mass is 10.2. The molecule has 0 amide bonds. The van der Waals surface area contributed by atoms with Gasteiger partial charge in [0.25, 0.3) is 0 Å². The van der Waals surface area contributed by atoms with Gasteiger partial charge in [0.05, 0.1) is 16.8 Å². The van der Waals surface area contributed by atoms with Crippen LogP contribution in [0.3, 0.4) is 0 Å². The minimum atomic E-state index is -0.541. The molecule has 7 heteroatoms. The van der Waals surface area contributed by atoms with Gasteiger partial charge in [-0.2, -0.15) is 5.10 Å². The summed E-state index contributed by atoms with van der Waals surface area (Å²) >= 11 is 11.8. The van der Waals surface area contributed by atoms with Crippen LogP contribution in [0.25, 0.3) is 11.0 Å². The minimum Gasteiger partial charge on any atom is -0.421 e. The number of hydrogen-bond donors (Lipinski definition) is 0. The van der Waals surface area contributed by atoms with Gasteiger partial charge in [0.2, 0.25) is 0 Å². The molecule has 0 atom stereocenters. The van der Waals surface area contributed by atoms with Gasteiger partial charge in [0.15, 0.2) is 5.65 Å². The molecule has 3 rings (SSSR count). The summed E-state index contributed by atoms with van der Waals surface area (Å²) in [5, 5.41) is 5.78. The van der Waals surface area contributed by atoms with Gasteiger partial charge < -0.3 is 4.74 Å². The topological polar surface area (TPSA) is 57.0 Å². The Bertz CT molecular complexity index is 890. The molecule has 0 radical (unpaired) electrons. The maximum absolute atomic E-state index is 12.3. The Morgan fingerprint density at radius 1 is 1.22 bits per heavy atom. The highest BCUT2D eigenvalue weighted by Crippen LogP contribution is 2.28. The Kier molecular flexibility index (Phi) is 4.24. The molecule has 0 spiro atoms. The number of fused-ring (bicyclic) bond motifs is 1. The number of hydrogen-bond acceptors (Lipinski definition) is 4. The van der Waals surface area contributed by atoms with Crippen LogP contribution >= 0.6 is 23.2 Å². The molecule has 0 N–H and O–H groups in total. The number of nitrogens with zero attached hydrogens (tertiary/aromatic N) is 3. The van der Waals surface area contributed by atoms with Gasteiger partial charge in [0, 0.05) is 22.6 Å². The normalized spacial score (nSPS) is 11.2. The van der Waals surface area contributed by atoms with Gasteiger partial charge in [-0.15, -0.1) is 0 Å². The van der Waals surface area contributed by atoms with E-state index in [1.165, 1.54) is 12.3 Å². The fraction of sp³-hybridized carbons (Fsp3) is 0.188. The van der Waals surface area contributed by atoms with Gasteiger partial charge in [0.1, 0.15) is 5.75 Å². The molecular formula is C16H13Cl2N3O2. The van der Waals surface area contributed by atoms with Crippen molar-refractivity contribution in [3.8, 4) is 5.75 Å². The molecule has 5 nitrogen and oxygen atoms in total. The molecule has 23 heavy (non-hydrogen) atoms. The van der Waals surface area contributed by atoms with E-state index in [4.69, 9.17) is 27.9 Å². The highest BCUT2D eigenvalue weighted by atomic mass is 35.5. The lowest BCUT2D eigenvalue weighted by Crippen LogP contribution is -2.10. The number of carbonyl (C=O) groups is 1. The van der Waals surface area contributed by atoms with Crippen molar-refractivity contribution in [2.75, 3.05) is 0 Å². The van der Waals surface area contributed by atoms with E-state index in [9.17, 15) is 4.79 Å². The summed E-state index contributed by atoms with van der Waals surface area (Å²) in [6.07, 6.45) is 3.14. The summed E-state index contributed by atoms with van der Waals surface area (Å²) in [6, 6.07) is 6.54. The van der Waals surface area contributed by atoms with Crippen molar-refractivity contribution in [3.05, 3.63) is 52.3 Å². The average Bonchev–Trinajstić information content (AvgIpc) is 2.93. The van der Waals surface area contributed by atoms with Crippen molar-refractivity contribution in [1.29, 1.82) is 0 Å². The van der Waals surface area contributed by atoms with E-state index in [0.29, 0.717) is 10.6 Å². The highest BCUT2D eigenvalue weighted by molar-refractivity contribution is 6.35. The van der Waals surface area contributed by atoms with Crippen molar-refractivity contribution in [2.24, 2.45) is 0 Å². The summed E-state index contributed by atoms with van der Waals surface area (Å²) in [7, 11) is 0. The van der Waals surface area contributed by atoms with E-state index < -0.39 is 5.97 Å². The molecule has 0 saturated carbocycles. The molecule has 1 aromatic carbocycles. The van der Waals surface area contributed by atoms with Crippen LogP contribution in [0, 0.1) is 0 Å². The van der Waals surface area contributed by atoms with Gasteiger partial charge in [-0.3, -0.25) is 0 Å². The number of carbonyl (C=O) groups excluding carboxylic acids is 1. The number of ether oxygens (including phenoxy) is 1. The Balaban J connectivity index is 1.89. The zero-order chi connectivity index (χ0) is 16.6. The summed E-state index contributed by atoms with van der Waals surface area (Å²) in [6.45, 7) is 4.03. The van der Waals surface area contributed by atoms with Crippen molar-refractivity contribution >= 4 is 40.2 Å². The van der Waals surface area contributed by atoms with Crippen molar-refractivity contribution < 1.29 is 9.53 Å². The summed E-state index contributed by atoms with van der Waals surface area (Å²) in [5.74, 6) is -0.292. The third kappa shape index (κ3) is 3.16. The minimum absolute atomic E-state index is 0.186. The molecule has 0 fully saturated rings. The molecule has 2 aromatic heterocycles. The predicted octanol–water partition coefficient (Wildman–Crippen LogP) is 4.54. The SMILES string of the molecule is CC(C)n1ncc2cc(C(=O)Oc3ccc(Cl)cc3Cl)cnc21. The van der Waals surface area contributed by atoms with Crippen LogP contribution in [0.15, 0.2) is 36.7 Å². The zero-order valence-electron chi connectivity index (χ0n) is 12.5. The smallest absolute Gasteiger partial charge is 0.345 e. The molecule has 2 heterocycles. The molecule has 3 aromatic rings. The van der Waals surface area contributed by atoms with Gasteiger partial charge in [-0.05, 0) is 38.1 Å². The second-order valence-electron chi connectivity index (χ2n) is 5.28. The Morgan fingerprint density at radius 2 is 2.00 bits per heavy atom. The standard InChI is InChI=1S/C16H13Cl2N3O2/c1-9(2)21-15-10(8-20-21)5-11(7-19-15)16(22)23-14-4-3-12(17)6-13(14)18/h3-9H,1-2H3. The molecule has 0 saturated heterocycles. The van der Waals surface area contributed by atoms with Crippen LogP contribution in [-0.4, -0.2) is 20.7 Å². The zero-order valence-corrected chi connectivity index (χ0v) is 14.0. The maximum atomic E-state index is 12.3. The summed E-state index contributed by atoms with van der Waals surface area (Å²) in [4.78, 5) is 16.6. The van der Waals surface area contributed by atoms with E-state index in [2.05, 4.69) is 10.1 Å². The average molecular weight is 350 g/mol. The van der Waals surface area contributed by atoms with Gasteiger partial charge in [-0.25, -0.2) is 14.5 Å². The van der Waals surface area contributed by atoms with Gasteiger partial charge >= 0.3 is 5.97 Å². The predicted molar refractivity (Wildman–Crippen MR) is 89.3 cm³/mol. The number of pyridine rings is 1. The van der Waals surface area contributed by atoms with Gasteiger partial charge in [-0.1, -0.05) is 23.2 Å². The molecule has 118 valence electrons. The first kappa shape index (κ1) is 15.8. The fourth-order valence-corrected chi connectivity index (χ4v) is 2.59. The van der Waals surface area contributed by atoms with E-state index in [1.807, 2.05) is 13.8 Å². The fourth-order valence-electron chi connectivity index (χ4n) is 2.15. The monoisotopic (exact) mass is 349 g/mol. The molecule has 0 aliphatic carbocycles. The van der Waals surface area contributed by atoms with Crippen LogP contribution < -0.4 is 4.74 Å². The molecule has 0 bridgehead atoms. The largest absolute Gasteiger partial charge is 0.421 e. The summed E-state index contributed by atoms with van der Waals surface area (Å²) < 4.78 is 7.08. The third-order valence-electron chi connectivity index (χ3n) is 3.25. The highest BCUT2D eigenvalue weighted by Gasteiger charge is 2.15. The lowest BCUT2D eigenvalue weighted by molar-refractivity contribution is 0.0734. The van der Waals surface area contributed by atoms with Crippen molar-refractivity contribution in [3.63, 3.8) is 0 Å². The van der Waals surface area contributed by atoms with E-state index in [-0.39, 0.29) is 16.8 Å². The Morgan fingerprint density at radius 3 is 2.70 bits per heavy atom. The quantitative estimate of drug-likeness (QED) is 0.514. The molecule has 0 aliphatic rings. The number of benzene rings is 1. The van der Waals surface area contributed by atoms with Crippen LogP contribution in [-0.2, 0) is 0 Å².